The molecule has 0 unspecified atom stereocenters. The summed E-state index contributed by atoms with van der Waals surface area (Å²) >= 11 is 11.9. The van der Waals surface area contributed by atoms with Crippen molar-refractivity contribution < 1.29 is 9.53 Å². The predicted octanol–water partition coefficient (Wildman–Crippen LogP) is 4.46. The molecule has 0 atom stereocenters. The minimum Gasteiger partial charge on any atom is -0.495 e. The zero-order valence-corrected chi connectivity index (χ0v) is 14.2. The number of hydrogen-bond donors (Lipinski definition) is 2. The van der Waals surface area contributed by atoms with Gasteiger partial charge in [0.2, 0.25) is 0 Å². The van der Waals surface area contributed by atoms with E-state index >= 15 is 0 Å². The number of carbonyl (C=O) groups is 1. The summed E-state index contributed by atoms with van der Waals surface area (Å²) in [4.78, 5) is 12.2. The summed E-state index contributed by atoms with van der Waals surface area (Å²) in [7, 11) is 1.49. The van der Waals surface area contributed by atoms with Crippen LogP contribution in [0.3, 0.4) is 0 Å². The number of benzene rings is 2. The van der Waals surface area contributed by atoms with Gasteiger partial charge < -0.3 is 15.4 Å². The topological polar surface area (TPSA) is 74.1 Å². The fourth-order valence-electron chi connectivity index (χ4n) is 1.84. The van der Waals surface area contributed by atoms with Crippen LogP contribution in [0.25, 0.3) is 0 Å². The molecule has 7 heteroatoms. The van der Waals surface area contributed by atoms with Crippen LogP contribution in [0.15, 0.2) is 54.2 Å². The minimum atomic E-state index is -0.576. The van der Waals surface area contributed by atoms with Crippen molar-refractivity contribution in [3.63, 3.8) is 0 Å². The van der Waals surface area contributed by atoms with Gasteiger partial charge in [0.1, 0.15) is 17.4 Å². The van der Waals surface area contributed by atoms with Crippen LogP contribution in [-0.4, -0.2) is 13.0 Å². The van der Waals surface area contributed by atoms with Crippen LogP contribution in [0.4, 0.5) is 11.4 Å². The first-order valence-corrected chi connectivity index (χ1v) is 7.57. The number of carbonyl (C=O) groups excluding carboxylic acids is 1. The number of halogens is 2. The van der Waals surface area contributed by atoms with Crippen molar-refractivity contribution in [2.45, 2.75) is 0 Å². The molecule has 2 rings (SSSR count). The van der Waals surface area contributed by atoms with Crippen molar-refractivity contribution in [1.82, 2.24) is 0 Å². The van der Waals surface area contributed by atoms with E-state index in [9.17, 15) is 10.1 Å². The molecular weight excluding hydrogens is 349 g/mol. The zero-order valence-electron chi connectivity index (χ0n) is 12.6. The average molecular weight is 362 g/mol. The van der Waals surface area contributed by atoms with Gasteiger partial charge in [-0.05, 0) is 30.3 Å². The SMILES string of the molecule is COc1ccccc1NC(=O)/C(C#N)=C\Nc1cc(Cl)ccc1Cl. The second-order valence-electron chi connectivity index (χ2n) is 4.59. The largest absolute Gasteiger partial charge is 0.495 e. The summed E-state index contributed by atoms with van der Waals surface area (Å²) in [5.41, 5.74) is 0.825. The lowest BCUT2D eigenvalue weighted by Gasteiger charge is -2.09. The Balaban J connectivity index is 2.17. The van der Waals surface area contributed by atoms with Crippen LogP contribution < -0.4 is 15.4 Å². The number of ether oxygens (including phenoxy) is 1. The first-order valence-electron chi connectivity index (χ1n) is 6.81. The van der Waals surface area contributed by atoms with Crippen molar-refractivity contribution >= 4 is 40.5 Å². The van der Waals surface area contributed by atoms with Gasteiger partial charge in [0.25, 0.3) is 5.91 Å². The molecule has 0 spiro atoms. The van der Waals surface area contributed by atoms with Crippen LogP contribution in [0.2, 0.25) is 10.0 Å². The molecule has 24 heavy (non-hydrogen) atoms. The van der Waals surface area contributed by atoms with E-state index in [0.29, 0.717) is 27.2 Å². The maximum absolute atomic E-state index is 12.2. The van der Waals surface area contributed by atoms with Crippen LogP contribution in [0.1, 0.15) is 0 Å². The summed E-state index contributed by atoms with van der Waals surface area (Å²) in [5.74, 6) is -0.0818. The highest BCUT2D eigenvalue weighted by Gasteiger charge is 2.12. The molecule has 0 saturated heterocycles. The van der Waals surface area contributed by atoms with Crippen LogP contribution >= 0.6 is 23.2 Å². The molecule has 0 heterocycles. The number of para-hydroxylation sites is 2. The van der Waals surface area contributed by atoms with E-state index in [1.54, 1.807) is 42.5 Å². The molecule has 5 nitrogen and oxygen atoms in total. The molecule has 2 aromatic carbocycles. The smallest absolute Gasteiger partial charge is 0.267 e. The Morgan fingerprint density at radius 1 is 1.21 bits per heavy atom. The van der Waals surface area contributed by atoms with Gasteiger partial charge in [-0.25, -0.2) is 0 Å². The van der Waals surface area contributed by atoms with E-state index in [1.807, 2.05) is 6.07 Å². The molecular formula is C17H13Cl2N3O2. The van der Waals surface area contributed by atoms with E-state index in [1.165, 1.54) is 13.3 Å². The van der Waals surface area contributed by atoms with Crippen molar-refractivity contribution in [3.8, 4) is 11.8 Å². The van der Waals surface area contributed by atoms with E-state index < -0.39 is 5.91 Å². The summed E-state index contributed by atoms with van der Waals surface area (Å²) in [5, 5.41) is 15.5. The lowest BCUT2D eigenvalue weighted by molar-refractivity contribution is -0.112. The molecule has 1 amide bonds. The Labute approximate surface area is 149 Å². The summed E-state index contributed by atoms with van der Waals surface area (Å²) in [6, 6.07) is 13.6. The van der Waals surface area contributed by atoms with Gasteiger partial charge in [0.15, 0.2) is 0 Å². The molecule has 0 saturated carbocycles. The molecule has 0 aliphatic rings. The van der Waals surface area contributed by atoms with Crippen molar-refractivity contribution in [1.29, 1.82) is 5.26 Å². The fraction of sp³-hybridized carbons (Fsp3) is 0.0588. The number of nitrogens with one attached hydrogen (secondary N) is 2. The molecule has 0 aromatic heterocycles. The third-order valence-corrected chi connectivity index (χ3v) is 3.59. The summed E-state index contributed by atoms with van der Waals surface area (Å²) < 4.78 is 5.15. The number of nitrogens with zero attached hydrogens (tertiary/aromatic N) is 1. The Bertz CT molecular complexity index is 829. The number of anilines is 2. The van der Waals surface area contributed by atoms with Gasteiger partial charge in [0, 0.05) is 11.2 Å². The van der Waals surface area contributed by atoms with E-state index in [0.717, 1.165) is 0 Å². The second kappa shape index (κ2) is 8.25. The number of nitriles is 1. The normalized spacial score (nSPS) is 10.7. The standard InChI is InChI=1S/C17H13Cl2N3O2/c1-24-16-5-3-2-4-14(16)22-17(23)11(9-20)10-21-15-8-12(18)6-7-13(15)19/h2-8,10,21H,1H3,(H,22,23)/b11-10-. The zero-order chi connectivity index (χ0) is 17.5. The van der Waals surface area contributed by atoms with Gasteiger partial charge in [0.05, 0.1) is 23.5 Å². The highest BCUT2D eigenvalue weighted by molar-refractivity contribution is 6.35. The molecule has 2 aromatic rings. The molecule has 0 aliphatic heterocycles. The minimum absolute atomic E-state index is 0.128. The Morgan fingerprint density at radius 3 is 2.67 bits per heavy atom. The lowest BCUT2D eigenvalue weighted by atomic mass is 10.2. The van der Waals surface area contributed by atoms with Crippen molar-refractivity contribution in [2.24, 2.45) is 0 Å². The van der Waals surface area contributed by atoms with Gasteiger partial charge in [-0.1, -0.05) is 35.3 Å². The number of hydrogen-bond acceptors (Lipinski definition) is 4. The van der Waals surface area contributed by atoms with Gasteiger partial charge in [-0.3, -0.25) is 4.79 Å². The first kappa shape index (κ1) is 17.7. The van der Waals surface area contributed by atoms with E-state index in [4.69, 9.17) is 27.9 Å². The molecule has 0 fully saturated rings. The summed E-state index contributed by atoms with van der Waals surface area (Å²) in [6.45, 7) is 0. The van der Waals surface area contributed by atoms with E-state index in [2.05, 4.69) is 10.6 Å². The summed E-state index contributed by atoms with van der Waals surface area (Å²) in [6.07, 6.45) is 1.27. The average Bonchev–Trinajstić information content (AvgIpc) is 2.58. The Kier molecular flexibility index (Phi) is 6.07. The third kappa shape index (κ3) is 4.42. The van der Waals surface area contributed by atoms with Gasteiger partial charge >= 0.3 is 0 Å². The first-order chi connectivity index (χ1) is 11.5. The third-order valence-electron chi connectivity index (χ3n) is 3.02. The maximum Gasteiger partial charge on any atom is 0.267 e. The van der Waals surface area contributed by atoms with Crippen molar-refractivity contribution in [3.05, 3.63) is 64.3 Å². The van der Waals surface area contributed by atoms with Crippen LogP contribution in [-0.2, 0) is 4.79 Å². The Morgan fingerprint density at radius 2 is 1.96 bits per heavy atom. The van der Waals surface area contributed by atoms with E-state index in [-0.39, 0.29) is 5.57 Å². The number of amides is 1. The van der Waals surface area contributed by atoms with Crippen LogP contribution in [0, 0.1) is 11.3 Å². The molecule has 0 bridgehead atoms. The Hall–Kier alpha value is -2.68. The monoisotopic (exact) mass is 361 g/mol. The highest BCUT2D eigenvalue weighted by Crippen LogP contribution is 2.26. The lowest BCUT2D eigenvalue weighted by Crippen LogP contribution is -2.15. The molecule has 0 aliphatic carbocycles. The fourth-order valence-corrected chi connectivity index (χ4v) is 2.19. The molecule has 2 N–H and O–H groups in total. The molecule has 0 radical (unpaired) electrons. The maximum atomic E-state index is 12.2. The van der Waals surface area contributed by atoms with Crippen molar-refractivity contribution in [2.75, 3.05) is 17.7 Å². The van der Waals surface area contributed by atoms with Gasteiger partial charge in [-0.15, -0.1) is 0 Å². The highest BCUT2D eigenvalue weighted by atomic mass is 35.5. The predicted molar refractivity (Wildman–Crippen MR) is 95.4 cm³/mol. The number of methoxy groups -OCH3 is 1. The quantitative estimate of drug-likeness (QED) is 0.608. The van der Waals surface area contributed by atoms with Crippen LogP contribution in [0.5, 0.6) is 5.75 Å². The van der Waals surface area contributed by atoms with Gasteiger partial charge in [-0.2, -0.15) is 5.26 Å². The second-order valence-corrected chi connectivity index (χ2v) is 5.44. The number of rotatable bonds is 5. The molecule has 122 valence electrons.